The fourth-order valence-corrected chi connectivity index (χ4v) is 4.59. The van der Waals surface area contributed by atoms with Gasteiger partial charge in [-0.1, -0.05) is 0 Å². The standard InChI is InChI=1S/C16H32N4/c17-13-3-1-12(2-4-13)16-11-19-9-10-20(16)15-7-5-14(18)6-8-15/h12-16,19H,1-11,17-18H2. The quantitative estimate of drug-likeness (QED) is 0.707. The van der Waals surface area contributed by atoms with E-state index in [9.17, 15) is 0 Å². The Kier molecular flexibility index (Phi) is 4.97. The monoisotopic (exact) mass is 280 g/mol. The van der Waals surface area contributed by atoms with Gasteiger partial charge in [-0.2, -0.15) is 0 Å². The molecule has 1 atom stereocenters. The van der Waals surface area contributed by atoms with Crippen molar-refractivity contribution >= 4 is 0 Å². The van der Waals surface area contributed by atoms with Gasteiger partial charge in [-0.05, 0) is 57.3 Å². The van der Waals surface area contributed by atoms with Gasteiger partial charge in [-0.3, -0.25) is 4.90 Å². The van der Waals surface area contributed by atoms with Gasteiger partial charge in [0.05, 0.1) is 0 Å². The molecule has 20 heavy (non-hydrogen) atoms. The SMILES string of the molecule is NC1CCC(C2CNCCN2C2CCC(N)CC2)CC1. The summed E-state index contributed by atoms with van der Waals surface area (Å²) < 4.78 is 0. The van der Waals surface area contributed by atoms with Crippen molar-refractivity contribution in [2.24, 2.45) is 17.4 Å². The highest BCUT2D eigenvalue weighted by molar-refractivity contribution is 4.93. The fraction of sp³-hybridized carbons (Fsp3) is 1.00. The van der Waals surface area contributed by atoms with Crippen molar-refractivity contribution in [3.8, 4) is 0 Å². The maximum absolute atomic E-state index is 6.08. The average Bonchev–Trinajstić information content (AvgIpc) is 2.49. The second kappa shape index (κ2) is 6.73. The van der Waals surface area contributed by atoms with E-state index in [1.54, 1.807) is 0 Å². The van der Waals surface area contributed by atoms with Crippen molar-refractivity contribution < 1.29 is 0 Å². The summed E-state index contributed by atoms with van der Waals surface area (Å²) in [7, 11) is 0. The Hall–Kier alpha value is -0.160. The molecule has 0 bridgehead atoms. The highest BCUT2D eigenvalue weighted by atomic mass is 15.2. The maximum atomic E-state index is 6.08. The normalized spacial score (nSPS) is 44.4. The van der Waals surface area contributed by atoms with Crippen molar-refractivity contribution in [3.05, 3.63) is 0 Å². The Morgan fingerprint density at radius 1 is 0.800 bits per heavy atom. The Labute approximate surface area is 123 Å². The van der Waals surface area contributed by atoms with Crippen molar-refractivity contribution in [3.63, 3.8) is 0 Å². The first-order valence-corrected chi connectivity index (χ1v) is 8.71. The minimum Gasteiger partial charge on any atom is -0.328 e. The third-order valence-corrected chi connectivity index (χ3v) is 5.90. The number of hydrogen-bond acceptors (Lipinski definition) is 4. The molecule has 0 aromatic heterocycles. The molecule has 1 heterocycles. The third kappa shape index (κ3) is 3.35. The van der Waals surface area contributed by atoms with Crippen LogP contribution in [0.5, 0.6) is 0 Å². The zero-order valence-corrected chi connectivity index (χ0v) is 12.8. The topological polar surface area (TPSA) is 67.3 Å². The largest absolute Gasteiger partial charge is 0.328 e. The van der Waals surface area contributed by atoms with Crippen LogP contribution in [0, 0.1) is 5.92 Å². The predicted octanol–water partition coefficient (Wildman–Crippen LogP) is 1.05. The molecule has 116 valence electrons. The van der Waals surface area contributed by atoms with Gasteiger partial charge >= 0.3 is 0 Å². The number of rotatable bonds is 2. The summed E-state index contributed by atoms with van der Waals surface area (Å²) in [6, 6.07) is 2.46. The molecule has 2 aliphatic carbocycles. The van der Waals surface area contributed by atoms with E-state index in [2.05, 4.69) is 10.2 Å². The van der Waals surface area contributed by atoms with Crippen LogP contribution in [0.25, 0.3) is 0 Å². The van der Waals surface area contributed by atoms with Crippen molar-refractivity contribution in [1.82, 2.24) is 10.2 Å². The lowest BCUT2D eigenvalue weighted by atomic mass is 9.79. The molecule has 0 spiro atoms. The van der Waals surface area contributed by atoms with E-state index in [0.29, 0.717) is 12.1 Å². The number of nitrogens with one attached hydrogen (secondary N) is 1. The molecule has 0 radical (unpaired) electrons. The summed E-state index contributed by atoms with van der Waals surface area (Å²) in [5, 5.41) is 3.62. The van der Waals surface area contributed by atoms with E-state index in [1.165, 1.54) is 64.5 Å². The number of hydrogen-bond donors (Lipinski definition) is 3. The molecule has 5 N–H and O–H groups in total. The first-order valence-electron chi connectivity index (χ1n) is 8.71. The Balaban J connectivity index is 1.61. The molecule has 0 amide bonds. The minimum atomic E-state index is 0.459. The Bertz CT molecular complexity index is 263. The van der Waals surface area contributed by atoms with Crippen LogP contribution >= 0.6 is 0 Å². The van der Waals surface area contributed by atoms with E-state index in [-0.39, 0.29) is 0 Å². The minimum absolute atomic E-state index is 0.459. The van der Waals surface area contributed by atoms with E-state index in [4.69, 9.17) is 11.5 Å². The molecule has 1 saturated heterocycles. The highest BCUT2D eigenvalue weighted by Gasteiger charge is 2.36. The van der Waals surface area contributed by atoms with E-state index in [0.717, 1.165) is 24.5 Å². The molecule has 4 nitrogen and oxygen atoms in total. The van der Waals surface area contributed by atoms with Gasteiger partial charge < -0.3 is 16.8 Å². The number of nitrogens with zero attached hydrogens (tertiary/aromatic N) is 1. The second-order valence-electron chi connectivity index (χ2n) is 7.25. The van der Waals surface area contributed by atoms with Crippen LogP contribution in [0.2, 0.25) is 0 Å². The first-order chi connectivity index (χ1) is 9.74. The maximum Gasteiger partial charge on any atom is 0.0252 e. The molecule has 0 aromatic rings. The van der Waals surface area contributed by atoms with Gasteiger partial charge in [0.15, 0.2) is 0 Å². The summed E-state index contributed by atoms with van der Waals surface area (Å²) >= 11 is 0. The van der Waals surface area contributed by atoms with Crippen molar-refractivity contribution in [1.29, 1.82) is 0 Å². The van der Waals surface area contributed by atoms with Crippen LogP contribution in [-0.2, 0) is 0 Å². The zero-order valence-electron chi connectivity index (χ0n) is 12.8. The molecule has 1 unspecified atom stereocenters. The van der Waals surface area contributed by atoms with Gasteiger partial charge in [-0.15, -0.1) is 0 Å². The van der Waals surface area contributed by atoms with Crippen LogP contribution in [0.1, 0.15) is 51.4 Å². The van der Waals surface area contributed by atoms with Crippen LogP contribution in [0.3, 0.4) is 0 Å². The molecule has 3 fully saturated rings. The van der Waals surface area contributed by atoms with Crippen LogP contribution in [0.15, 0.2) is 0 Å². The predicted molar refractivity (Wildman–Crippen MR) is 83.5 cm³/mol. The highest BCUT2D eigenvalue weighted by Crippen LogP contribution is 2.33. The molecule has 3 aliphatic rings. The van der Waals surface area contributed by atoms with Gasteiger partial charge in [0.2, 0.25) is 0 Å². The van der Waals surface area contributed by atoms with Crippen molar-refractivity contribution in [2.45, 2.75) is 75.5 Å². The van der Waals surface area contributed by atoms with Crippen molar-refractivity contribution in [2.75, 3.05) is 19.6 Å². The summed E-state index contributed by atoms with van der Waals surface area (Å²) in [5.41, 5.74) is 12.2. The van der Waals surface area contributed by atoms with E-state index in [1.807, 2.05) is 0 Å². The molecular weight excluding hydrogens is 248 g/mol. The average molecular weight is 280 g/mol. The van der Waals surface area contributed by atoms with Gasteiger partial charge in [0.25, 0.3) is 0 Å². The van der Waals surface area contributed by atoms with Gasteiger partial charge in [0, 0.05) is 43.8 Å². The van der Waals surface area contributed by atoms with Crippen LogP contribution in [0.4, 0.5) is 0 Å². The number of piperazine rings is 1. The molecule has 0 aromatic carbocycles. The van der Waals surface area contributed by atoms with Crippen LogP contribution in [-0.4, -0.2) is 48.7 Å². The summed E-state index contributed by atoms with van der Waals surface area (Å²) in [5.74, 6) is 0.859. The molecule has 3 rings (SSSR count). The fourth-order valence-electron chi connectivity index (χ4n) is 4.59. The van der Waals surface area contributed by atoms with Gasteiger partial charge in [-0.25, -0.2) is 0 Å². The summed E-state index contributed by atoms with van der Waals surface area (Å²) in [6.07, 6.45) is 10.2. The summed E-state index contributed by atoms with van der Waals surface area (Å²) in [6.45, 7) is 3.57. The lowest BCUT2D eigenvalue weighted by Gasteiger charge is -2.48. The van der Waals surface area contributed by atoms with E-state index >= 15 is 0 Å². The first kappa shape index (κ1) is 14.8. The molecule has 4 heteroatoms. The summed E-state index contributed by atoms with van der Waals surface area (Å²) in [4.78, 5) is 2.84. The molecular formula is C16H32N4. The Morgan fingerprint density at radius 3 is 2.05 bits per heavy atom. The lowest BCUT2D eigenvalue weighted by molar-refractivity contribution is 0.0346. The van der Waals surface area contributed by atoms with Crippen LogP contribution < -0.4 is 16.8 Å². The molecule has 1 aliphatic heterocycles. The number of nitrogens with two attached hydrogens (primary N) is 2. The second-order valence-corrected chi connectivity index (χ2v) is 7.25. The zero-order chi connectivity index (χ0) is 13.9. The molecule has 2 saturated carbocycles. The lowest BCUT2D eigenvalue weighted by Crippen LogP contribution is -2.59. The smallest absolute Gasteiger partial charge is 0.0252 e. The Morgan fingerprint density at radius 2 is 1.40 bits per heavy atom. The third-order valence-electron chi connectivity index (χ3n) is 5.90. The van der Waals surface area contributed by atoms with Gasteiger partial charge in [0.1, 0.15) is 0 Å². The van der Waals surface area contributed by atoms with E-state index < -0.39 is 0 Å².